The van der Waals surface area contributed by atoms with Crippen LogP contribution in [-0.4, -0.2) is 17.2 Å². The van der Waals surface area contributed by atoms with E-state index in [1.165, 1.54) is 44.9 Å². The molecule has 0 heterocycles. The molecule has 28 heavy (non-hydrogen) atoms. The number of carboxylic acid groups (broad SMARTS) is 1. The number of carboxylic acids is 1. The summed E-state index contributed by atoms with van der Waals surface area (Å²) in [6, 6.07) is 0. The average molecular weight is 399 g/mol. The van der Waals surface area contributed by atoms with Crippen LogP contribution in [-0.2, 0) is 4.79 Å². The minimum atomic E-state index is -0.893. The first kappa shape index (κ1) is 23.1. The van der Waals surface area contributed by atoms with Crippen molar-refractivity contribution in [2.75, 3.05) is 0 Å². The predicted molar refractivity (Wildman–Crippen MR) is 105 cm³/mol. The fraction of sp³-hybridized carbons (Fsp3) is 0.958. The van der Waals surface area contributed by atoms with Gasteiger partial charge < -0.3 is 15.0 Å². The molecule has 0 radical (unpaired) electrons. The molecule has 0 aromatic carbocycles. The summed E-state index contributed by atoms with van der Waals surface area (Å²) in [7, 11) is 0. The molecule has 0 amide bonds. The van der Waals surface area contributed by atoms with Gasteiger partial charge in [-0.05, 0) is 117 Å². The van der Waals surface area contributed by atoms with Gasteiger partial charge in [-0.1, -0.05) is 20.8 Å². The van der Waals surface area contributed by atoms with Crippen LogP contribution in [0.4, 0.5) is 0 Å². The molecule has 4 aliphatic carbocycles. The minimum Gasteiger partial charge on any atom is -0.550 e. The van der Waals surface area contributed by atoms with Gasteiger partial charge in [0.2, 0.25) is 0 Å². The van der Waals surface area contributed by atoms with E-state index in [0.29, 0.717) is 22.7 Å². The molecule has 4 aliphatic rings. The van der Waals surface area contributed by atoms with Crippen molar-refractivity contribution in [3.05, 3.63) is 0 Å². The van der Waals surface area contributed by atoms with E-state index in [0.717, 1.165) is 42.9 Å². The monoisotopic (exact) mass is 398 g/mol. The quantitative estimate of drug-likeness (QED) is 0.724. The Kier molecular flexibility index (Phi) is 7.03. The van der Waals surface area contributed by atoms with E-state index >= 15 is 0 Å². The molecule has 4 saturated carbocycles. The van der Waals surface area contributed by atoms with Gasteiger partial charge in [0.1, 0.15) is 0 Å². The van der Waals surface area contributed by atoms with E-state index in [-0.39, 0.29) is 42.1 Å². The first-order valence-electron chi connectivity index (χ1n) is 11.6. The van der Waals surface area contributed by atoms with Crippen LogP contribution < -0.4 is 34.7 Å². The summed E-state index contributed by atoms with van der Waals surface area (Å²) in [4.78, 5) is 10.9. The third-order valence-electron chi connectivity index (χ3n) is 10.2. The Morgan fingerprint density at radius 2 is 1.71 bits per heavy atom. The van der Waals surface area contributed by atoms with Gasteiger partial charge in [-0.3, -0.25) is 0 Å². The number of fused-ring (bicyclic) bond motifs is 5. The number of aliphatic carboxylic acids is 1. The third kappa shape index (κ3) is 3.76. The second-order valence-electron chi connectivity index (χ2n) is 11.2. The Bertz CT molecular complexity index is 580. The first-order valence-corrected chi connectivity index (χ1v) is 11.6. The van der Waals surface area contributed by atoms with Crippen LogP contribution in [0.25, 0.3) is 0 Å². The van der Waals surface area contributed by atoms with Gasteiger partial charge in [-0.15, -0.1) is 0 Å². The normalized spacial score (nSPS) is 48.6. The maximum absolute atomic E-state index is 10.9. The van der Waals surface area contributed by atoms with Crippen molar-refractivity contribution in [2.24, 2.45) is 46.3 Å². The average Bonchev–Trinajstić information content (AvgIpc) is 2.97. The Morgan fingerprint density at radius 1 is 1.04 bits per heavy atom. The molecule has 0 bridgehead atoms. The number of hydrogen-bond acceptors (Lipinski definition) is 3. The summed E-state index contributed by atoms with van der Waals surface area (Å²) >= 11 is 0. The van der Waals surface area contributed by atoms with Gasteiger partial charge in [0, 0.05) is 5.97 Å². The van der Waals surface area contributed by atoms with Crippen molar-refractivity contribution in [3.63, 3.8) is 0 Å². The maximum Gasteiger partial charge on any atom is 1.00 e. The SMILES string of the molecule is C[C@H](CCC(=O)[O-])[C@H]1CCC2C3CCC4C[C@H](O)CC[C@]4(C)C3CC[C@@]21C.[Na+]. The first-order chi connectivity index (χ1) is 12.8. The standard InChI is InChI=1S/C24H40O3.Na/c1-15(4-9-22(26)27)19-7-8-20-18-6-5-16-14-17(25)10-12-23(16,2)21(18)11-13-24(19,20)3;/h15-21,25H,4-14H2,1-3H3,(H,26,27);/q;+1/p-1/t15-,16?,17-,18?,19-,20?,21?,23+,24-;/m1./s1. The Balaban J connectivity index is 0.00000225. The number of aliphatic hydroxyl groups is 1. The molecular weight excluding hydrogens is 359 g/mol. The van der Waals surface area contributed by atoms with Gasteiger partial charge in [0.05, 0.1) is 6.10 Å². The summed E-state index contributed by atoms with van der Waals surface area (Å²) in [5, 5.41) is 21.1. The van der Waals surface area contributed by atoms with Crippen molar-refractivity contribution >= 4 is 5.97 Å². The van der Waals surface area contributed by atoms with Gasteiger partial charge in [-0.2, -0.15) is 0 Å². The second kappa shape index (κ2) is 8.52. The van der Waals surface area contributed by atoms with E-state index in [1.807, 2.05) is 0 Å². The fourth-order valence-corrected chi connectivity index (χ4v) is 8.76. The molecule has 4 unspecified atom stereocenters. The van der Waals surface area contributed by atoms with Crippen molar-refractivity contribution in [3.8, 4) is 0 Å². The van der Waals surface area contributed by atoms with E-state index < -0.39 is 5.97 Å². The Morgan fingerprint density at radius 3 is 2.43 bits per heavy atom. The van der Waals surface area contributed by atoms with Crippen LogP contribution >= 0.6 is 0 Å². The number of aliphatic hydroxyl groups excluding tert-OH is 1. The van der Waals surface area contributed by atoms with E-state index in [9.17, 15) is 15.0 Å². The zero-order valence-corrected chi connectivity index (χ0v) is 20.6. The van der Waals surface area contributed by atoms with Crippen molar-refractivity contribution < 1.29 is 44.6 Å². The van der Waals surface area contributed by atoms with Crippen LogP contribution in [0.15, 0.2) is 0 Å². The Labute approximate surface area is 193 Å². The number of carbonyl (C=O) groups excluding carboxylic acids is 1. The number of hydrogen-bond donors (Lipinski definition) is 1. The minimum absolute atomic E-state index is 0. The molecule has 154 valence electrons. The van der Waals surface area contributed by atoms with Crippen molar-refractivity contribution in [1.29, 1.82) is 0 Å². The zero-order chi connectivity index (χ0) is 19.4. The largest absolute Gasteiger partial charge is 1.00 e. The summed E-state index contributed by atoms with van der Waals surface area (Å²) in [5.41, 5.74) is 0.853. The molecule has 0 saturated heterocycles. The van der Waals surface area contributed by atoms with E-state index in [1.54, 1.807) is 0 Å². The summed E-state index contributed by atoms with van der Waals surface area (Å²) in [5.74, 6) is 3.55. The van der Waals surface area contributed by atoms with Crippen LogP contribution in [0, 0.1) is 46.3 Å². The number of rotatable bonds is 4. The Hall–Kier alpha value is 0.430. The van der Waals surface area contributed by atoms with Gasteiger partial charge >= 0.3 is 29.6 Å². The van der Waals surface area contributed by atoms with E-state index in [2.05, 4.69) is 20.8 Å². The van der Waals surface area contributed by atoms with Crippen molar-refractivity contribution in [2.45, 2.75) is 97.5 Å². The molecule has 0 aromatic heterocycles. The maximum atomic E-state index is 10.9. The predicted octanol–water partition coefficient (Wildman–Crippen LogP) is 1.18. The van der Waals surface area contributed by atoms with Crippen LogP contribution in [0.1, 0.15) is 91.4 Å². The summed E-state index contributed by atoms with van der Waals surface area (Å²) in [6.45, 7) is 7.38. The molecule has 4 fully saturated rings. The smallest absolute Gasteiger partial charge is 0.550 e. The molecule has 0 aromatic rings. The van der Waals surface area contributed by atoms with Gasteiger partial charge in [0.25, 0.3) is 0 Å². The van der Waals surface area contributed by atoms with Crippen molar-refractivity contribution in [1.82, 2.24) is 0 Å². The van der Waals surface area contributed by atoms with Crippen LogP contribution in [0.5, 0.6) is 0 Å². The summed E-state index contributed by atoms with van der Waals surface area (Å²) in [6.07, 6.45) is 12.2. The van der Waals surface area contributed by atoms with Gasteiger partial charge in [0.15, 0.2) is 0 Å². The molecular formula is C24H39NaO3. The molecule has 3 nitrogen and oxygen atoms in total. The molecule has 1 N–H and O–H groups in total. The molecule has 9 atom stereocenters. The van der Waals surface area contributed by atoms with Gasteiger partial charge in [-0.25, -0.2) is 0 Å². The molecule has 0 spiro atoms. The van der Waals surface area contributed by atoms with E-state index in [4.69, 9.17) is 0 Å². The molecule has 4 rings (SSSR count). The fourth-order valence-electron chi connectivity index (χ4n) is 8.76. The van der Waals surface area contributed by atoms with Crippen LogP contribution in [0.2, 0.25) is 0 Å². The molecule has 0 aliphatic heterocycles. The van der Waals surface area contributed by atoms with Crippen LogP contribution in [0.3, 0.4) is 0 Å². The molecule has 4 heteroatoms. The third-order valence-corrected chi connectivity index (χ3v) is 10.2. The topological polar surface area (TPSA) is 60.4 Å². The summed E-state index contributed by atoms with van der Waals surface area (Å²) < 4.78 is 0. The second-order valence-corrected chi connectivity index (χ2v) is 11.2. The zero-order valence-electron chi connectivity index (χ0n) is 18.6. The number of carbonyl (C=O) groups is 1.